The van der Waals surface area contributed by atoms with E-state index in [-0.39, 0.29) is 29.1 Å². The van der Waals surface area contributed by atoms with E-state index in [4.69, 9.17) is 0 Å². The maximum absolute atomic E-state index is 12.1. The molecule has 0 aliphatic rings. The molecule has 0 fully saturated rings. The van der Waals surface area contributed by atoms with Crippen molar-refractivity contribution in [2.45, 2.75) is 33.2 Å². The van der Waals surface area contributed by atoms with Gasteiger partial charge < -0.3 is 10.2 Å². The monoisotopic (exact) mass is 360 g/mol. The highest BCUT2D eigenvalue weighted by atomic mass is 16.3. The van der Waals surface area contributed by atoms with Crippen LogP contribution in [0, 0.1) is 0 Å². The minimum Gasteiger partial charge on any atom is -0.507 e. The molecule has 0 radical (unpaired) electrons. The van der Waals surface area contributed by atoms with Gasteiger partial charge in [0, 0.05) is 6.54 Å². The van der Waals surface area contributed by atoms with Crippen molar-refractivity contribution in [1.29, 1.82) is 0 Å². The van der Waals surface area contributed by atoms with Crippen molar-refractivity contribution >= 4 is 11.6 Å². The summed E-state index contributed by atoms with van der Waals surface area (Å²) in [7, 11) is 0. The number of H-pyrrole nitrogens is 1. The molecule has 9 heteroatoms. The lowest BCUT2D eigenvalue weighted by Crippen LogP contribution is -2.34. The Morgan fingerprint density at radius 2 is 1.96 bits per heavy atom. The number of carbonyl (C=O) groups is 1. The van der Waals surface area contributed by atoms with E-state index in [2.05, 4.69) is 15.5 Å². The summed E-state index contributed by atoms with van der Waals surface area (Å²) in [5.41, 5.74) is 0.499. The van der Waals surface area contributed by atoms with Gasteiger partial charge in [-0.1, -0.05) is 25.5 Å². The summed E-state index contributed by atoms with van der Waals surface area (Å²) in [5.74, 6) is -1.41. The lowest BCUT2D eigenvalue weighted by molar-refractivity contribution is 0.0952. The molecular weight excluding hydrogens is 340 g/mol. The molecule has 0 spiro atoms. The second kappa shape index (κ2) is 8.15. The Balaban J connectivity index is 2.34. The largest absolute Gasteiger partial charge is 0.507 e. The van der Waals surface area contributed by atoms with Crippen molar-refractivity contribution in [3.8, 4) is 11.6 Å². The first-order chi connectivity index (χ1) is 12.4. The van der Waals surface area contributed by atoms with E-state index in [1.165, 1.54) is 19.1 Å². The van der Waals surface area contributed by atoms with Crippen molar-refractivity contribution in [2.75, 3.05) is 0 Å². The van der Waals surface area contributed by atoms with Crippen LogP contribution in [-0.2, 0) is 6.54 Å². The van der Waals surface area contributed by atoms with Crippen LogP contribution in [0.4, 0.5) is 0 Å². The number of phenols is 1. The zero-order valence-corrected chi connectivity index (χ0v) is 14.4. The number of hydrazone groups is 1. The molecular formula is C17H20N4O5. The minimum absolute atomic E-state index is 0.00935. The number of amides is 1. The molecule has 0 aliphatic carbocycles. The van der Waals surface area contributed by atoms with Gasteiger partial charge in [-0.2, -0.15) is 5.10 Å². The fourth-order valence-electron chi connectivity index (χ4n) is 2.33. The average molecular weight is 360 g/mol. The van der Waals surface area contributed by atoms with Crippen molar-refractivity contribution < 1.29 is 15.0 Å². The predicted octanol–water partition coefficient (Wildman–Crippen LogP) is 0.902. The molecule has 9 nitrogen and oxygen atoms in total. The standard InChI is InChI=1S/C17H20N4O5/c1-3-4-9-21-16(25)13(15(24)18-17(21)26)10(2)19-20-14(23)11-7-5-6-8-12(11)22/h5-8,22,25H,3-4,9H2,1-2H3,(H,20,23)(H,18,24,26)/b19-10-. The third-order valence-electron chi connectivity index (χ3n) is 3.74. The van der Waals surface area contributed by atoms with Crippen LogP contribution >= 0.6 is 0 Å². The van der Waals surface area contributed by atoms with Crippen molar-refractivity contribution in [3.63, 3.8) is 0 Å². The second-order valence-electron chi connectivity index (χ2n) is 5.62. The lowest BCUT2D eigenvalue weighted by Gasteiger charge is -2.11. The van der Waals surface area contributed by atoms with E-state index in [0.717, 1.165) is 11.0 Å². The number of nitrogens with zero attached hydrogens (tertiary/aromatic N) is 2. The molecule has 1 amide bonds. The van der Waals surface area contributed by atoms with Gasteiger partial charge in [-0.25, -0.2) is 10.2 Å². The zero-order valence-electron chi connectivity index (χ0n) is 14.4. The minimum atomic E-state index is -0.807. The Kier molecular flexibility index (Phi) is 5.94. The number of aromatic nitrogens is 2. The van der Waals surface area contributed by atoms with Crippen molar-refractivity contribution in [2.24, 2.45) is 5.10 Å². The third kappa shape index (κ3) is 4.00. The number of unbranched alkanes of at least 4 members (excludes halogenated alkanes) is 1. The Morgan fingerprint density at radius 1 is 1.27 bits per heavy atom. The van der Waals surface area contributed by atoms with Gasteiger partial charge in [0.05, 0.1) is 11.3 Å². The van der Waals surface area contributed by atoms with Gasteiger partial charge >= 0.3 is 5.69 Å². The topological polar surface area (TPSA) is 137 Å². The molecule has 1 heterocycles. The van der Waals surface area contributed by atoms with Crippen LogP contribution in [0.25, 0.3) is 0 Å². The highest BCUT2D eigenvalue weighted by molar-refractivity contribution is 6.02. The maximum Gasteiger partial charge on any atom is 0.331 e. The van der Waals surface area contributed by atoms with Crippen LogP contribution in [0.3, 0.4) is 0 Å². The molecule has 0 unspecified atom stereocenters. The number of nitrogens with one attached hydrogen (secondary N) is 2. The molecule has 2 aromatic rings. The van der Waals surface area contributed by atoms with Crippen LogP contribution in [0.5, 0.6) is 11.6 Å². The molecule has 2 rings (SSSR count). The SMILES string of the molecule is CCCCn1c(O)c(/C(C)=N\NC(=O)c2ccccc2O)c(=O)[nH]c1=O. The van der Waals surface area contributed by atoms with Gasteiger partial charge in [-0.15, -0.1) is 0 Å². The van der Waals surface area contributed by atoms with E-state index >= 15 is 0 Å². The number of rotatable bonds is 6. The highest BCUT2D eigenvalue weighted by Crippen LogP contribution is 2.15. The molecule has 26 heavy (non-hydrogen) atoms. The lowest BCUT2D eigenvalue weighted by atomic mass is 10.2. The van der Waals surface area contributed by atoms with E-state index in [0.29, 0.717) is 6.42 Å². The molecule has 0 aliphatic heterocycles. The average Bonchev–Trinajstić information content (AvgIpc) is 2.59. The van der Waals surface area contributed by atoms with Crippen LogP contribution in [0.15, 0.2) is 39.0 Å². The van der Waals surface area contributed by atoms with Gasteiger partial charge in [0.25, 0.3) is 11.5 Å². The van der Waals surface area contributed by atoms with Gasteiger partial charge in [0.15, 0.2) is 0 Å². The number of aromatic hydroxyl groups is 2. The number of phenolic OH excluding ortho intramolecular Hbond substituents is 1. The van der Waals surface area contributed by atoms with Gasteiger partial charge in [-0.3, -0.25) is 19.1 Å². The first kappa shape index (κ1) is 19.0. The second-order valence-corrected chi connectivity index (χ2v) is 5.62. The molecule has 0 atom stereocenters. The fraction of sp³-hybridized carbons (Fsp3) is 0.294. The van der Waals surface area contributed by atoms with Crippen LogP contribution < -0.4 is 16.7 Å². The first-order valence-corrected chi connectivity index (χ1v) is 8.05. The number of benzene rings is 1. The number of carbonyl (C=O) groups excluding carboxylic acids is 1. The van der Waals surface area contributed by atoms with Crippen LogP contribution in [-0.4, -0.2) is 31.4 Å². The maximum atomic E-state index is 12.1. The van der Waals surface area contributed by atoms with Crippen molar-refractivity contribution in [1.82, 2.24) is 15.0 Å². The Hall–Kier alpha value is -3.36. The normalized spacial score (nSPS) is 11.4. The number of hydrogen-bond donors (Lipinski definition) is 4. The number of para-hydroxylation sites is 1. The molecule has 138 valence electrons. The van der Waals surface area contributed by atoms with E-state index < -0.39 is 23.0 Å². The summed E-state index contributed by atoms with van der Waals surface area (Å²) >= 11 is 0. The van der Waals surface area contributed by atoms with E-state index in [1.54, 1.807) is 12.1 Å². The summed E-state index contributed by atoms with van der Waals surface area (Å²) < 4.78 is 1.05. The van der Waals surface area contributed by atoms with Gasteiger partial charge in [0.1, 0.15) is 11.3 Å². The molecule has 0 bridgehead atoms. The van der Waals surface area contributed by atoms with E-state index in [1.807, 2.05) is 6.92 Å². The molecule has 4 N–H and O–H groups in total. The van der Waals surface area contributed by atoms with E-state index in [9.17, 15) is 24.6 Å². The molecule has 1 aromatic heterocycles. The smallest absolute Gasteiger partial charge is 0.331 e. The summed E-state index contributed by atoms with van der Waals surface area (Å²) in [6.45, 7) is 3.57. The summed E-state index contributed by atoms with van der Waals surface area (Å²) in [4.78, 5) is 38.1. The van der Waals surface area contributed by atoms with Crippen LogP contribution in [0.2, 0.25) is 0 Å². The van der Waals surface area contributed by atoms with Gasteiger partial charge in [0.2, 0.25) is 5.88 Å². The number of aromatic amines is 1. The number of hydrogen-bond acceptors (Lipinski definition) is 6. The quantitative estimate of drug-likeness (QED) is 0.448. The summed E-state index contributed by atoms with van der Waals surface area (Å²) in [5, 5.41) is 23.7. The van der Waals surface area contributed by atoms with Crippen molar-refractivity contribution in [3.05, 3.63) is 56.2 Å². The molecule has 0 saturated heterocycles. The molecule has 0 saturated carbocycles. The Morgan fingerprint density at radius 3 is 2.62 bits per heavy atom. The zero-order chi connectivity index (χ0) is 19.3. The summed E-state index contributed by atoms with van der Waals surface area (Å²) in [6, 6.07) is 5.90. The highest BCUT2D eigenvalue weighted by Gasteiger charge is 2.17. The van der Waals surface area contributed by atoms with Crippen LogP contribution in [0.1, 0.15) is 42.6 Å². The van der Waals surface area contributed by atoms with Gasteiger partial charge in [-0.05, 0) is 25.5 Å². The molecule has 1 aromatic carbocycles. The fourth-order valence-corrected chi connectivity index (χ4v) is 2.33. The Bertz CT molecular complexity index is 958. The summed E-state index contributed by atoms with van der Waals surface area (Å²) in [6.07, 6.45) is 1.43. The third-order valence-corrected chi connectivity index (χ3v) is 3.74. The Labute approximate surface area is 148 Å². The first-order valence-electron chi connectivity index (χ1n) is 8.05. The predicted molar refractivity (Wildman–Crippen MR) is 95.7 cm³/mol.